The highest BCUT2D eigenvalue weighted by Gasteiger charge is 2.08. The molecule has 1 amide bonds. The molecule has 18 heavy (non-hydrogen) atoms. The molecule has 0 spiro atoms. The number of amides is 1. The molecule has 3 N–H and O–H groups in total. The summed E-state index contributed by atoms with van der Waals surface area (Å²) in [5.41, 5.74) is 0. The van der Waals surface area contributed by atoms with Crippen molar-refractivity contribution in [3.05, 3.63) is 28.2 Å². The number of nitrogens with one attached hydrogen (secondary N) is 1. The predicted molar refractivity (Wildman–Crippen MR) is 68.1 cm³/mol. The summed E-state index contributed by atoms with van der Waals surface area (Å²) in [4.78, 5) is 11.3. The number of rotatable bonds is 6. The largest absolute Gasteiger partial charge is 0.482 e. The van der Waals surface area contributed by atoms with Crippen LogP contribution in [0.2, 0.25) is 10.0 Å². The Morgan fingerprint density at radius 3 is 2.83 bits per heavy atom. The van der Waals surface area contributed by atoms with Gasteiger partial charge in [0.05, 0.1) is 17.7 Å². The highest BCUT2D eigenvalue weighted by molar-refractivity contribution is 6.34. The van der Waals surface area contributed by atoms with E-state index < -0.39 is 18.6 Å². The lowest BCUT2D eigenvalue weighted by Gasteiger charge is -2.10. The molecule has 0 bridgehead atoms. The van der Waals surface area contributed by atoms with Gasteiger partial charge in [0, 0.05) is 17.6 Å². The van der Waals surface area contributed by atoms with E-state index in [4.69, 9.17) is 38.2 Å². The lowest BCUT2D eigenvalue weighted by molar-refractivity contribution is -0.123. The molecule has 0 aliphatic carbocycles. The van der Waals surface area contributed by atoms with Gasteiger partial charge in [-0.25, -0.2) is 0 Å². The van der Waals surface area contributed by atoms with Crippen molar-refractivity contribution in [2.24, 2.45) is 0 Å². The van der Waals surface area contributed by atoms with Gasteiger partial charge >= 0.3 is 0 Å². The zero-order valence-corrected chi connectivity index (χ0v) is 10.9. The molecule has 1 unspecified atom stereocenters. The van der Waals surface area contributed by atoms with Gasteiger partial charge in [-0.05, 0) is 12.1 Å². The number of hydrogen-bond donors (Lipinski definition) is 3. The first-order chi connectivity index (χ1) is 8.52. The summed E-state index contributed by atoms with van der Waals surface area (Å²) in [5, 5.41) is 20.8. The Kier molecular flexibility index (Phi) is 6.21. The normalized spacial score (nSPS) is 12.0. The minimum atomic E-state index is -0.983. The summed E-state index contributed by atoms with van der Waals surface area (Å²) in [6, 6.07) is 4.67. The van der Waals surface area contributed by atoms with Crippen LogP contribution in [-0.4, -0.2) is 42.0 Å². The van der Waals surface area contributed by atoms with Crippen LogP contribution in [0.3, 0.4) is 0 Å². The van der Waals surface area contributed by atoms with E-state index in [0.717, 1.165) is 0 Å². The van der Waals surface area contributed by atoms with Crippen molar-refractivity contribution in [2.45, 2.75) is 6.10 Å². The fraction of sp³-hybridized carbons (Fsp3) is 0.364. The molecule has 100 valence electrons. The fourth-order valence-electron chi connectivity index (χ4n) is 1.08. The molecule has 0 heterocycles. The molecule has 0 radical (unpaired) electrons. The van der Waals surface area contributed by atoms with Gasteiger partial charge in [-0.1, -0.05) is 23.2 Å². The van der Waals surface area contributed by atoms with E-state index in [1.165, 1.54) is 6.07 Å². The first-order valence-corrected chi connectivity index (χ1v) is 5.92. The van der Waals surface area contributed by atoms with E-state index in [9.17, 15) is 4.79 Å². The van der Waals surface area contributed by atoms with Crippen LogP contribution in [0.4, 0.5) is 0 Å². The number of halogens is 2. The molecule has 5 nitrogen and oxygen atoms in total. The van der Waals surface area contributed by atoms with Crippen LogP contribution in [0.15, 0.2) is 18.2 Å². The molecule has 1 rings (SSSR count). The molecular weight excluding hydrogens is 281 g/mol. The first kappa shape index (κ1) is 15.0. The van der Waals surface area contributed by atoms with Gasteiger partial charge < -0.3 is 20.3 Å². The van der Waals surface area contributed by atoms with E-state index in [1.807, 2.05) is 0 Å². The zero-order valence-electron chi connectivity index (χ0n) is 9.40. The standard InChI is InChI=1S/C11H13Cl2NO4/c12-7-1-2-9(13)10(3-7)18-6-11(17)14-4-8(16)5-15/h1-3,8,15-16H,4-6H2,(H,14,17). The van der Waals surface area contributed by atoms with Gasteiger partial charge in [0.15, 0.2) is 6.61 Å². The van der Waals surface area contributed by atoms with Gasteiger partial charge in [0.2, 0.25) is 0 Å². The third kappa shape index (κ3) is 5.10. The second-order valence-corrected chi connectivity index (χ2v) is 4.35. The Bertz CT molecular complexity index is 414. The smallest absolute Gasteiger partial charge is 0.258 e. The van der Waals surface area contributed by atoms with Crippen LogP contribution in [-0.2, 0) is 4.79 Å². The molecule has 0 aromatic heterocycles. The van der Waals surface area contributed by atoms with E-state index >= 15 is 0 Å². The molecule has 0 aliphatic rings. The summed E-state index contributed by atoms with van der Waals surface area (Å²) in [7, 11) is 0. The summed E-state index contributed by atoms with van der Waals surface area (Å²) in [5.74, 6) is -0.124. The number of carbonyl (C=O) groups excluding carboxylic acids is 1. The molecular formula is C11H13Cl2NO4. The minimum absolute atomic E-state index is 0.0397. The monoisotopic (exact) mass is 293 g/mol. The Hall–Kier alpha value is -1.01. The van der Waals surface area contributed by atoms with Crippen molar-refractivity contribution >= 4 is 29.1 Å². The SMILES string of the molecule is O=C(COc1cc(Cl)ccc1Cl)NCC(O)CO. The van der Waals surface area contributed by atoms with Crippen molar-refractivity contribution in [3.8, 4) is 5.75 Å². The van der Waals surface area contributed by atoms with E-state index in [1.54, 1.807) is 12.1 Å². The maximum Gasteiger partial charge on any atom is 0.258 e. The lowest BCUT2D eigenvalue weighted by Crippen LogP contribution is -2.36. The number of aliphatic hydroxyl groups is 2. The van der Waals surface area contributed by atoms with Crippen LogP contribution >= 0.6 is 23.2 Å². The van der Waals surface area contributed by atoms with Crippen molar-refractivity contribution in [1.82, 2.24) is 5.32 Å². The first-order valence-electron chi connectivity index (χ1n) is 5.16. The lowest BCUT2D eigenvalue weighted by atomic mass is 10.3. The van der Waals surface area contributed by atoms with Crippen LogP contribution in [0.5, 0.6) is 5.75 Å². The molecule has 0 saturated heterocycles. The maximum absolute atomic E-state index is 11.3. The molecule has 0 saturated carbocycles. The molecule has 0 fully saturated rings. The zero-order chi connectivity index (χ0) is 13.5. The van der Waals surface area contributed by atoms with E-state index in [0.29, 0.717) is 15.8 Å². The summed E-state index contributed by atoms with van der Waals surface area (Å²) < 4.78 is 5.17. The van der Waals surface area contributed by atoms with Crippen LogP contribution in [0.25, 0.3) is 0 Å². The molecule has 7 heteroatoms. The second kappa shape index (κ2) is 7.43. The summed E-state index contributed by atoms with van der Waals surface area (Å²) in [6.07, 6.45) is -0.983. The Morgan fingerprint density at radius 2 is 2.17 bits per heavy atom. The van der Waals surface area contributed by atoms with Gasteiger partial charge in [-0.3, -0.25) is 4.79 Å². The highest BCUT2D eigenvalue weighted by Crippen LogP contribution is 2.27. The molecule has 0 aliphatic heterocycles. The second-order valence-electron chi connectivity index (χ2n) is 3.50. The Labute approximate surface area is 114 Å². The maximum atomic E-state index is 11.3. The number of ether oxygens (including phenoxy) is 1. The van der Waals surface area contributed by atoms with E-state index in [-0.39, 0.29) is 13.2 Å². The van der Waals surface area contributed by atoms with Crippen LogP contribution < -0.4 is 10.1 Å². The van der Waals surface area contributed by atoms with Crippen molar-refractivity contribution < 1.29 is 19.7 Å². The van der Waals surface area contributed by atoms with Crippen molar-refractivity contribution in [2.75, 3.05) is 19.8 Å². The number of hydrogen-bond acceptors (Lipinski definition) is 4. The van der Waals surface area contributed by atoms with Gasteiger partial charge in [0.25, 0.3) is 5.91 Å². The summed E-state index contributed by atoms with van der Waals surface area (Å²) in [6.45, 7) is -0.707. The van der Waals surface area contributed by atoms with Gasteiger partial charge in [-0.2, -0.15) is 0 Å². The fourth-order valence-corrected chi connectivity index (χ4v) is 1.41. The third-order valence-electron chi connectivity index (χ3n) is 2.00. The van der Waals surface area contributed by atoms with Crippen LogP contribution in [0.1, 0.15) is 0 Å². The van der Waals surface area contributed by atoms with Crippen molar-refractivity contribution in [1.29, 1.82) is 0 Å². The Morgan fingerprint density at radius 1 is 1.44 bits per heavy atom. The predicted octanol–water partition coefficient (Wildman–Crippen LogP) is 0.842. The van der Waals surface area contributed by atoms with E-state index in [2.05, 4.69) is 5.32 Å². The third-order valence-corrected chi connectivity index (χ3v) is 2.54. The van der Waals surface area contributed by atoms with Crippen LogP contribution in [0, 0.1) is 0 Å². The number of benzene rings is 1. The minimum Gasteiger partial charge on any atom is -0.482 e. The number of carbonyl (C=O) groups is 1. The number of aliphatic hydroxyl groups excluding tert-OH is 2. The van der Waals surface area contributed by atoms with Gasteiger partial charge in [0.1, 0.15) is 5.75 Å². The average Bonchev–Trinajstić information content (AvgIpc) is 2.36. The molecule has 1 atom stereocenters. The summed E-state index contributed by atoms with van der Waals surface area (Å²) >= 11 is 11.6. The molecule has 1 aromatic rings. The van der Waals surface area contributed by atoms with Gasteiger partial charge in [-0.15, -0.1) is 0 Å². The Balaban J connectivity index is 2.40. The topological polar surface area (TPSA) is 78.8 Å². The average molecular weight is 294 g/mol. The quantitative estimate of drug-likeness (QED) is 0.726. The highest BCUT2D eigenvalue weighted by atomic mass is 35.5. The van der Waals surface area contributed by atoms with Crippen molar-refractivity contribution in [3.63, 3.8) is 0 Å². The molecule has 1 aromatic carbocycles.